The molecule has 1 aromatic rings. The second kappa shape index (κ2) is 3.37. The Labute approximate surface area is 84.5 Å². The maximum absolute atomic E-state index is 11.1. The number of hydrogen-bond donors (Lipinski definition) is 1. The summed E-state index contributed by atoms with van der Waals surface area (Å²) in [6.07, 6.45) is 0. The lowest BCUT2D eigenvalue weighted by atomic mass is 10.0. The largest absolute Gasteiger partial charge is 0.285 e. The zero-order valence-electron chi connectivity index (χ0n) is 8.48. The second-order valence-corrected chi connectivity index (χ2v) is 5.83. The van der Waals surface area contributed by atoms with Crippen molar-refractivity contribution in [3.63, 3.8) is 0 Å². The maximum atomic E-state index is 11.1. The molecular weight excluding hydrogens is 200 g/mol. The van der Waals surface area contributed by atoms with Crippen LogP contribution in [0.1, 0.15) is 25.0 Å². The fourth-order valence-electron chi connectivity index (χ4n) is 1.17. The lowest BCUT2D eigenvalue weighted by molar-refractivity contribution is 0.445. The van der Waals surface area contributed by atoms with Gasteiger partial charge in [0.15, 0.2) is 0 Å². The van der Waals surface area contributed by atoms with Gasteiger partial charge in [-0.3, -0.25) is 4.55 Å². The highest BCUT2D eigenvalue weighted by Crippen LogP contribution is 2.28. The van der Waals surface area contributed by atoms with Crippen molar-refractivity contribution in [3.05, 3.63) is 35.4 Å². The van der Waals surface area contributed by atoms with E-state index in [1.807, 2.05) is 13.0 Å². The number of rotatable bonds is 2. The number of aryl methyl sites for hydroxylation is 1. The maximum Gasteiger partial charge on any atom is 0.274 e. The molecule has 0 saturated carbocycles. The van der Waals surface area contributed by atoms with Crippen LogP contribution >= 0.6 is 0 Å². The van der Waals surface area contributed by atoms with Crippen molar-refractivity contribution in [2.24, 2.45) is 0 Å². The molecule has 0 aliphatic rings. The molecule has 0 spiro atoms. The number of hydrogen-bond acceptors (Lipinski definition) is 2. The fourth-order valence-corrected chi connectivity index (χ4v) is 1.59. The average molecular weight is 214 g/mol. The van der Waals surface area contributed by atoms with Crippen LogP contribution in [-0.4, -0.2) is 13.0 Å². The minimum atomic E-state index is -4.07. The molecule has 0 atom stereocenters. The summed E-state index contributed by atoms with van der Waals surface area (Å²) in [5.41, 5.74) is 1.57. The molecule has 0 aromatic heterocycles. The van der Waals surface area contributed by atoms with Gasteiger partial charge in [-0.15, -0.1) is 0 Å². The Morgan fingerprint density at radius 2 is 1.86 bits per heavy atom. The minimum absolute atomic E-state index is 0.597. The Hall–Kier alpha value is -0.870. The first-order chi connectivity index (χ1) is 6.25. The van der Waals surface area contributed by atoms with Gasteiger partial charge >= 0.3 is 0 Å². The summed E-state index contributed by atoms with van der Waals surface area (Å²) < 4.78 is 30.1. The van der Waals surface area contributed by atoms with E-state index in [0.29, 0.717) is 5.56 Å². The predicted molar refractivity (Wildman–Crippen MR) is 55.8 cm³/mol. The van der Waals surface area contributed by atoms with Crippen LogP contribution in [0.2, 0.25) is 0 Å². The van der Waals surface area contributed by atoms with Crippen LogP contribution in [0, 0.1) is 6.92 Å². The Kier molecular flexibility index (Phi) is 2.69. The standard InChI is InChI=1S/C10H14O3S/c1-8-5-4-6-9(7-8)10(2,3)14(11,12)13/h4-7H,1-3H3,(H,11,12,13). The molecule has 0 aliphatic heterocycles. The molecule has 0 saturated heterocycles. The van der Waals surface area contributed by atoms with Crippen molar-refractivity contribution in [3.8, 4) is 0 Å². The van der Waals surface area contributed by atoms with Crippen LogP contribution in [0.4, 0.5) is 0 Å². The van der Waals surface area contributed by atoms with Gasteiger partial charge in [0.2, 0.25) is 0 Å². The molecule has 1 rings (SSSR count). The van der Waals surface area contributed by atoms with Gasteiger partial charge in [-0.1, -0.05) is 29.8 Å². The van der Waals surface area contributed by atoms with Gasteiger partial charge in [0.1, 0.15) is 4.75 Å². The van der Waals surface area contributed by atoms with E-state index < -0.39 is 14.9 Å². The van der Waals surface area contributed by atoms with E-state index in [0.717, 1.165) is 5.56 Å². The predicted octanol–water partition coefficient (Wildman–Crippen LogP) is 2.12. The Balaban J connectivity index is 3.31. The number of benzene rings is 1. The van der Waals surface area contributed by atoms with Crippen LogP contribution in [0.15, 0.2) is 24.3 Å². The van der Waals surface area contributed by atoms with Gasteiger partial charge in [0, 0.05) is 0 Å². The molecule has 0 radical (unpaired) electrons. The quantitative estimate of drug-likeness (QED) is 0.767. The second-order valence-electron chi connectivity index (χ2n) is 3.85. The Morgan fingerprint density at radius 3 is 2.29 bits per heavy atom. The monoisotopic (exact) mass is 214 g/mol. The van der Waals surface area contributed by atoms with Gasteiger partial charge < -0.3 is 0 Å². The van der Waals surface area contributed by atoms with E-state index in [-0.39, 0.29) is 0 Å². The average Bonchev–Trinajstić information content (AvgIpc) is 2.02. The van der Waals surface area contributed by atoms with Gasteiger partial charge in [-0.05, 0) is 26.3 Å². The lowest BCUT2D eigenvalue weighted by Gasteiger charge is -2.21. The van der Waals surface area contributed by atoms with Crippen LogP contribution in [0.5, 0.6) is 0 Å². The molecule has 0 unspecified atom stereocenters. The minimum Gasteiger partial charge on any atom is -0.285 e. The summed E-state index contributed by atoms with van der Waals surface area (Å²) in [6.45, 7) is 4.85. The summed E-state index contributed by atoms with van der Waals surface area (Å²) in [5.74, 6) is 0. The third-order valence-electron chi connectivity index (χ3n) is 2.36. The fraction of sp³-hybridized carbons (Fsp3) is 0.400. The smallest absolute Gasteiger partial charge is 0.274 e. The summed E-state index contributed by atoms with van der Waals surface area (Å²) in [7, 11) is -4.07. The molecule has 0 fully saturated rings. The first-order valence-electron chi connectivity index (χ1n) is 4.29. The van der Waals surface area contributed by atoms with Crippen molar-refractivity contribution in [1.82, 2.24) is 0 Å². The van der Waals surface area contributed by atoms with Crippen molar-refractivity contribution in [2.45, 2.75) is 25.5 Å². The molecule has 1 N–H and O–H groups in total. The van der Waals surface area contributed by atoms with Gasteiger partial charge in [-0.25, -0.2) is 0 Å². The highest BCUT2D eigenvalue weighted by molar-refractivity contribution is 7.86. The van der Waals surface area contributed by atoms with E-state index in [1.165, 1.54) is 13.8 Å². The Morgan fingerprint density at radius 1 is 1.29 bits per heavy atom. The lowest BCUT2D eigenvalue weighted by Crippen LogP contribution is -2.28. The van der Waals surface area contributed by atoms with Crippen molar-refractivity contribution in [2.75, 3.05) is 0 Å². The first kappa shape index (κ1) is 11.2. The SMILES string of the molecule is Cc1cccc(C(C)(C)S(=O)(=O)O)c1. The molecule has 14 heavy (non-hydrogen) atoms. The van der Waals surface area contributed by atoms with Crippen LogP contribution in [0.3, 0.4) is 0 Å². The molecule has 0 heterocycles. The normalized spacial score (nSPS) is 12.9. The van der Waals surface area contributed by atoms with Gasteiger partial charge in [0.25, 0.3) is 10.1 Å². The zero-order chi connectivity index (χ0) is 11.0. The Bertz CT molecular complexity index is 432. The summed E-state index contributed by atoms with van der Waals surface area (Å²) in [4.78, 5) is 0. The van der Waals surface area contributed by atoms with Crippen molar-refractivity contribution in [1.29, 1.82) is 0 Å². The molecule has 0 bridgehead atoms. The van der Waals surface area contributed by atoms with E-state index in [4.69, 9.17) is 4.55 Å². The first-order valence-corrected chi connectivity index (χ1v) is 5.73. The van der Waals surface area contributed by atoms with Gasteiger partial charge in [0.05, 0.1) is 0 Å². The van der Waals surface area contributed by atoms with Crippen molar-refractivity contribution < 1.29 is 13.0 Å². The van der Waals surface area contributed by atoms with E-state index >= 15 is 0 Å². The molecule has 3 nitrogen and oxygen atoms in total. The molecule has 4 heteroatoms. The summed E-state index contributed by atoms with van der Waals surface area (Å²) in [5, 5.41) is 0. The van der Waals surface area contributed by atoms with Crippen LogP contribution in [0.25, 0.3) is 0 Å². The highest BCUT2D eigenvalue weighted by Gasteiger charge is 2.34. The zero-order valence-corrected chi connectivity index (χ0v) is 9.30. The third-order valence-corrected chi connectivity index (χ3v) is 3.88. The summed E-state index contributed by atoms with van der Waals surface area (Å²) >= 11 is 0. The molecular formula is C10H14O3S. The highest BCUT2D eigenvalue weighted by atomic mass is 32.2. The summed E-state index contributed by atoms with van der Waals surface area (Å²) in [6, 6.07) is 7.11. The molecule has 78 valence electrons. The van der Waals surface area contributed by atoms with E-state index in [1.54, 1.807) is 18.2 Å². The van der Waals surface area contributed by atoms with Crippen LogP contribution in [-0.2, 0) is 14.9 Å². The third kappa shape index (κ3) is 1.96. The molecule has 0 aliphatic carbocycles. The topological polar surface area (TPSA) is 54.4 Å². The van der Waals surface area contributed by atoms with E-state index in [9.17, 15) is 8.42 Å². The van der Waals surface area contributed by atoms with Crippen LogP contribution < -0.4 is 0 Å². The molecule has 1 aromatic carbocycles. The molecule has 0 amide bonds. The van der Waals surface area contributed by atoms with Crippen molar-refractivity contribution >= 4 is 10.1 Å². The van der Waals surface area contributed by atoms with E-state index in [2.05, 4.69) is 0 Å². The van der Waals surface area contributed by atoms with Gasteiger partial charge in [-0.2, -0.15) is 8.42 Å².